The van der Waals surface area contributed by atoms with Crippen molar-refractivity contribution in [3.05, 3.63) is 12.2 Å². The average Bonchev–Trinajstić information content (AvgIpc) is 2.58. The standard InChI is InChI=1S/C20H40N2O2/c1-2-3-4-5-6-7-8-9-10-11-12-13-14-15-16-17-19(23)20(22,24)18-21/h9-10,24H,2-8,11-18,21-22H2,1H3/b10-9-. The summed E-state index contributed by atoms with van der Waals surface area (Å²) in [5.41, 5.74) is 8.82. The number of carbonyl (C=O) groups is 1. The molecule has 0 amide bonds. The summed E-state index contributed by atoms with van der Waals surface area (Å²) in [5, 5.41) is 9.50. The van der Waals surface area contributed by atoms with E-state index < -0.39 is 5.72 Å². The molecule has 0 radical (unpaired) electrons. The molecule has 142 valence electrons. The first kappa shape index (κ1) is 23.3. The molecule has 0 aliphatic rings. The van der Waals surface area contributed by atoms with E-state index in [4.69, 9.17) is 11.5 Å². The fraction of sp³-hybridized carbons (Fsp3) is 0.850. The van der Waals surface area contributed by atoms with Gasteiger partial charge < -0.3 is 10.8 Å². The molecule has 0 rings (SSSR count). The lowest BCUT2D eigenvalue weighted by atomic mass is 10.0. The lowest BCUT2D eigenvalue weighted by Crippen LogP contribution is -2.53. The van der Waals surface area contributed by atoms with Gasteiger partial charge in [0.25, 0.3) is 0 Å². The molecule has 4 nitrogen and oxygen atoms in total. The molecule has 0 aromatic rings. The van der Waals surface area contributed by atoms with Gasteiger partial charge in [-0.05, 0) is 32.1 Å². The quantitative estimate of drug-likeness (QED) is 0.210. The summed E-state index contributed by atoms with van der Waals surface area (Å²) < 4.78 is 0. The zero-order valence-electron chi connectivity index (χ0n) is 15.8. The van der Waals surface area contributed by atoms with Gasteiger partial charge in [-0.25, -0.2) is 0 Å². The monoisotopic (exact) mass is 340 g/mol. The molecule has 0 aliphatic heterocycles. The predicted octanol–water partition coefficient (Wildman–Crippen LogP) is 4.20. The number of hydrogen-bond acceptors (Lipinski definition) is 4. The maximum Gasteiger partial charge on any atom is 0.185 e. The van der Waals surface area contributed by atoms with Crippen LogP contribution in [0, 0.1) is 0 Å². The molecule has 1 atom stereocenters. The Kier molecular flexibility index (Phi) is 15.3. The van der Waals surface area contributed by atoms with Crippen molar-refractivity contribution in [1.29, 1.82) is 0 Å². The molecule has 0 saturated heterocycles. The number of unbranched alkanes of at least 4 members (excludes halogenated alkanes) is 11. The fourth-order valence-electron chi connectivity index (χ4n) is 2.69. The average molecular weight is 341 g/mol. The van der Waals surface area contributed by atoms with Gasteiger partial charge in [0.1, 0.15) is 0 Å². The highest BCUT2D eigenvalue weighted by Crippen LogP contribution is 2.11. The topological polar surface area (TPSA) is 89.3 Å². The molecule has 24 heavy (non-hydrogen) atoms. The van der Waals surface area contributed by atoms with Gasteiger partial charge in [0.15, 0.2) is 11.5 Å². The Morgan fingerprint density at radius 3 is 1.83 bits per heavy atom. The molecule has 5 N–H and O–H groups in total. The zero-order chi connectivity index (χ0) is 18.1. The summed E-state index contributed by atoms with van der Waals surface area (Å²) in [6, 6.07) is 0. The second-order valence-corrected chi connectivity index (χ2v) is 6.89. The second-order valence-electron chi connectivity index (χ2n) is 6.89. The molecular formula is C20H40N2O2. The Labute approximate surface area is 149 Å². The molecule has 0 spiro atoms. The molecule has 4 heteroatoms. The fourth-order valence-corrected chi connectivity index (χ4v) is 2.69. The zero-order valence-corrected chi connectivity index (χ0v) is 15.8. The predicted molar refractivity (Wildman–Crippen MR) is 103 cm³/mol. The molecular weight excluding hydrogens is 300 g/mol. The van der Waals surface area contributed by atoms with E-state index in [2.05, 4.69) is 19.1 Å². The van der Waals surface area contributed by atoms with Crippen LogP contribution in [0.4, 0.5) is 0 Å². The highest BCUT2D eigenvalue weighted by atomic mass is 16.3. The van der Waals surface area contributed by atoms with E-state index in [-0.39, 0.29) is 12.3 Å². The highest BCUT2D eigenvalue weighted by molar-refractivity contribution is 5.86. The minimum atomic E-state index is -1.83. The lowest BCUT2D eigenvalue weighted by Gasteiger charge is -2.18. The van der Waals surface area contributed by atoms with Crippen LogP contribution in [0.15, 0.2) is 12.2 Å². The Hall–Kier alpha value is -0.710. The number of ketones is 1. The van der Waals surface area contributed by atoms with Crippen molar-refractivity contribution in [2.45, 2.75) is 103 Å². The van der Waals surface area contributed by atoms with Gasteiger partial charge >= 0.3 is 0 Å². The number of hydrogen-bond donors (Lipinski definition) is 3. The van der Waals surface area contributed by atoms with Crippen LogP contribution >= 0.6 is 0 Å². The third-order valence-corrected chi connectivity index (χ3v) is 4.46. The Morgan fingerprint density at radius 1 is 0.875 bits per heavy atom. The first-order chi connectivity index (χ1) is 11.5. The summed E-state index contributed by atoms with van der Waals surface area (Å²) in [5.74, 6) is -0.345. The van der Waals surface area contributed by atoms with Crippen molar-refractivity contribution in [3.63, 3.8) is 0 Å². The first-order valence-corrected chi connectivity index (χ1v) is 9.94. The molecule has 0 aliphatic carbocycles. The third kappa shape index (κ3) is 13.7. The van der Waals surface area contributed by atoms with E-state index >= 15 is 0 Å². The second kappa shape index (κ2) is 15.8. The van der Waals surface area contributed by atoms with Gasteiger partial charge in [0, 0.05) is 13.0 Å². The van der Waals surface area contributed by atoms with Crippen molar-refractivity contribution in [3.8, 4) is 0 Å². The number of aliphatic hydroxyl groups is 1. The summed E-state index contributed by atoms with van der Waals surface area (Å²) in [4.78, 5) is 11.6. The molecule has 0 aromatic carbocycles. The number of allylic oxidation sites excluding steroid dienone is 2. The van der Waals surface area contributed by atoms with E-state index in [1.54, 1.807) is 0 Å². The molecule has 0 aromatic heterocycles. The smallest absolute Gasteiger partial charge is 0.185 e. The lowest BCUT2D eigenvalue weighted by molar-refractivity contribution is -0.136. The molecule has 1 unspecified atom stereocenters. The van der Waals surface area contributed by atoms with Crippen molar-refractivity contribution in [1.82, 2.24) is 0 Å². The van der Waals surface area contributed by atoms with Crippen LogP contribution in [0.5, 0.6) is 0 Å². The Bertz CT molecular complexity index is 328. The van der Waals surface area contributed by atoms with Crippen molar-refractivity contribution >= 4 is 5.78 Å². The van der Waals surface area contributed by atoms with E-state index in [0.29, 0.717) is 6.42 Å². The van der Waals surface area contributed by atoms with E-state index in [9.17, 15) is 9.90 Å². The van der Waals surface area contributed by atoms with Gasteiger partial charge in [0.2, 0.25) is 0 Å². The normalized spacial score (nSPS) is 14.2. The number of rotatable bonds is 17. The van der Waals surface area contributed by atoms with Gasteiger partial charge in [-0.1, -0.05) is 70.4 Å². The van der Waals surface area contributed by atoms with E-state index in [1.165, 1.54) is 57.8 Å². The van der Waals surface area contributed by atoms with Gasteiger partial charge in [0.05, 0.1) is 0 Å². The minimum absolute atomic E-state index is 0.211. The summed E-state index contributed by atoms with van der Waals surface area (Å²) in [6.07, 6.45) is 20.8. The molecule has 0 saturated carbocycles. The van der Waals surface area contributed by atoms with Crippen molar-refractivity contribution in [2.75, 3.05) is 6.54 Å². The maximum atomic E-state index is 11.6. The van der Waals surface area contributed by atoms with Crippen LogP contribution in [0.1, 0.15) is 96.8 Å². The number of nitrogens with two attached hydrogens (primary N) is 2. The van der Waals surface area contributed by atoms with Gasteiger partial charge in [-0.3, -0.25) is 10.5 Å². The number of carbonyl (C=O) groups excluding carboxylic acids is 1. The molecule has 0 fully saturated rings. The minimum Gasteiger partial charge on any atom is -0.368 e. The molecule has 0 heterocycles. The Morgan fingerprint density at radius 2 is 1.33 bits per heavy atom. The van der Waals surface area contributed by atoms with Crippen molar-refractivity contribution in [2.24, 2.45) is 11.5 Å². The summed E-state index contributed by atoms with van der Waals surface area (Å²) in [7, 11) is 0. The summed E-state index contributed by atoms with van der Waals surface area (Å²) >= 11 is 0. The van der Waals surface area contributed by atoms with Crippen LogP contribution in [0.2, 0.25) is 0 Å². The van der Waals surface area contributed by atoms with Gasteiger partial charge in [-0.15, -0.1) is 0 Å². The Balaban J connectivity index is 3.30. The highest BCUT2D eigenvalue weighted by Gasteiger charge is 2.27. The van der Waals surface area contributed by atoms with Crippen LogP contribution < -0.4 is 11.5 Å². The third-order valence-electron chi connectivity index (χ3n) is 4.46. The first-order valence-electron chi connectivity index (χ1n) is 9.94. The maximum absolute atomic E-state index is 11.6. The SMILES string of the molecule is CCCCCCCC/C=C\CCCCCCCC(=O)C(N)(O)CN. The van der Waals surface area contributed by atoms with E-state index in [0.717, 1.165) is 25.7 Å². The van der Waals surface area contributed by atoms with Crippen LogP contribution in [-0.4, -0.2) is 23.2 Å². The summed E-state index contributed by atoms with van der Waals surface area (Å²) in [6.45, 7) is 2.04. The van der Waals surface area contributed by atoms with Crippen LogP contribution in [-0.2, 0) is 4.79 Å². The van der Waals surface area contributed by atoms with Crippen LogP contribution in [0.3, 0.4) is 0 Å². The van der Waals surface area contributed by atoms with E-state index in [1.807, 2.05) is 0 Å². The largest absolute Gasteiger partial charge is 0.368 e. The van der Waals surface area contributed by atoms with Crippen molar-refractivity contribution < 1.29 is 9.90 Å². The van der Waals surface area contributed by atoms with Crippen LogP contribution in [0.25, 0.3) is 0 Å². The molecule has 0 bridgehead atoms. The van der Waals surface area contributed by atoms with Gasteiger partial charge in [-0.2, -0.15) is 0 Å². The number of Topliss-reactive ketones (excluding diaryl/α,β-unsaturated/α-hetero) is 1.